The lowest BCUT2D eigenvalue weighted by Gasteiger charge is -2.06. The molecule has 0 unspecified atom stereocenters. The van der Waals surface area contributed by atoms with Crippen LogP contribution in [0.2, 0.25) is 0 Å². The number of hydrogen-bond donors (Lipinski definition) is 2. The molecule has 0 bridgehead atoms. The second kappa shape index (κ2) is 9.07. The normalized spacial score (nSPS) is 10.4. The second-order valence-electron chi connectivity index (χ2n) is 5.10. The molecule has 1 amide bonds. The molecule has 0 saturated carbocycles. The quantitative estimate of drug-likeness (QED) is 0.636. The molecule has 1 aromatic carbocycles. The van der Waals surface area contributed by atoms with Crippen LogP contribution in [0.15, 0.2) is 41.0 Å². The van der Waals surface area contributed by atoms with Crippen LogP contribution in [0.5, 0.6) is 5.75 Å². The van der Waals surface area contributed by atoms with Gasteiger partial charge in [0.15, 0.2) is 5.82 Å². The first-order chi connectivity index (χ1) is 11.5. The summed E-state index contributed by atoms with van der Waals surface area (Å²) in [5.41, 5.74) is 0. The molecule has 0 atom stereocenters. The minimum Gasteiger partial charge on any atom is -0.494 e. The smallest absolute Gasteiger partial charge is 0.325 e. The van der Waals surface area contributed by atoms with Gasteiger partial charge in [0, 0.05) is 23.2 Å². The Kier molecular flexibility index (Phi) is 6.80. The molecule has 0 radical (unpaired) electrons. The van der Waals surface area contributed by atoms with Crippen molar-refractivity contribution < 1.29 is 19.4 Å². The molecule has 2 N–H and O–H groups in total. The van der Waals surface area contributed by atoms with Crippen LogP contribution < -0.4 is 10.1 Å². The Balaban J connectivity index is 1.61. The Morgan fingerprint density at radius 2 is 1.96 bits per heavy atom. The summed E-state index contributed by atoms with van der Waals surface area (Å²) in [6.45, 7) is 0.311. The van der Waals surface area contributed by atoms with E-state index in [1.807, 2.05) is 24.3 Å². The van der Waals surface area contributed by atoms with Gasteiger partial charge in [-0.3, -0.25) is 14.3 Å². The molecule has 2 aromatic rings. The number of hydrogen-bond acceptors (Lipinski definition) is 4. The second-order valence-corrected chi connectivity index (χ2v) is 6.02. The number of nitrogens with zero attached hydrogens (tertiary/aromatic N) is 2. The highest BCUT2D eigenvalue weighted by Gasteiger charge is 2.06. The SMILES string of the molecule is O=C(O)Cn1ccc(NC(=O)CCCCOc2ccc(Br)cc2)n1. The molecule has 1 heterocycles. The van der Waals surface area contributed by atoms with Crippen molar-refractivity contribution in [2.24, 2.45) is 0 Å². The van der Waals surface area contributed by atoms with Crippen molar-refractivity contribution in [3.8, 4) is 5.75 Å². The number of halogens is 1. The molecule has 7 nitrogen and oxygen atoms in total. The maximum atomic E-state index is 11.8. The first-order valence-electron chi connectivity index (χ1n) is 7.46. The number of amides is 1. The van der Waals surface area contributed by atoms with Gasteiger partial charge in [0.25, 0.3) is 0 Å². The van der Waals surface area contributed by atoms with Gasteiger partial charge in [0.05, 0.1) is 6.61 Å². The van der Waals surface area contributed by atoms with Crippen LogP contribution in [0.3, 0.4) is 0 Å². The number of anilines is 1. The van der Waals surface area contributed by atoms with E-state index in [9.17, 15) is 9.59 Å². The number of carbonyl (C=O) groups excluding carboxylic acids is 1. The summed E-state index contributed by atoms with van der Waals surface area (Å²) in [6.07, 6.45) is 3.32. The third-order valence-corrected chi connectivity index (χ3v) is 3.61. The summed E-state index contributed by atoms with van der Waals surface area (Å²) in [5.74, 6) is 0.0138. The number of aliphatic carboxylic acids is 1. The monoisotopic (exact) mass is 395 g/mol. The Labute approximate surface area is 147 Å². The van der Waals surface area contributed by atoms with Crippen LogP contribution in [0.1, 0.15) is 19.3 Å². The van der Waals surface area contributed by atoms with E-state index in [2.05, 4.69) is 26.3 Å². The van der Waals surface area contributed by atoms with Crippen LogP contribution in [-0.4, -0.2) is 33.4 Å². The largest absolute Gasteiger partial charge is 0.494 e. The van der Waals surface area contributed by atoms with Crippen molar-refractivity contribution in [2.75, 3.05) is 11.9 Å². The summed E-state index contributed by atoms with van der Waals surface area (Å²) in [6, 6.07) is 9.14. The Morgan fingerprint density at radius 1 is 1.21 bits per heavy atom. The fourth-order valence-corrected chi connectivity index (χ4v) is 2.23. The summed E-state index contributed by atoms with van der Waals surface area (Å²) in [4.78, 5) is 22.4. The highest BCUT2D eigenvalue weighted by atomic mass is 79.9. The maximum Gasteiger partial charge on any atom is 0.325 e. The summed E-state index contributed by atoms with van der Waals surface area (Å²) in [5, 5.41) is 15.3. The molecule has 0 aliphatic carbocycles. The van der Waals surface area contributed by atoms with Gasteiger partial charge in [-0.25, -0.2) is 0 Å². The molecular formula is C16H18BrN3O4. The average molecular weight is 396 g/mol. The molecule has 1 aromatic heterocycles. The van der Waals surface area contributed by atoms with E-state index >= 15 is 0 Å². The molecule has 0 saturated heterocycles. The summed E-state index contributed by atoms with van der Waals surface area (Å²) >= 11 is 3.36. The number of ether oxygens (including phenoxy) is 1. The van der Waals surface area contributed by atoms with Gasteiger partial charge in [0.2, 0.25) is 5.91 Å². The van der Waals surface area contributed by atoms with Crippen LogP contribution >= 0.6 is 15.9 Å². The van der Waals surface area contributed by atoms with Crippen LogP contribution in [0, 0.1) is 0 Å². The molecule has 8 heteroatoms. The molecule has 0 aliphatic heterocycles. The minimum atomic E-state index is -0.984. The van der Waals surface area contributed by atoms with Gasteiger partial charge in [-0.2, -0.15) is 5.10 Å². The van der Waals surface area contributed by atoms with E-state index in [1.165, 1.54) is 10.9 Å². The number of carbonyl (C=O) groups is 2. The van der Waals surface area contributed by atoms with E-state index in [0.29, 0.717) is 25.3 Å². The maximum absolute atomic E-state index is 11.8. The molecule has 24 heavy (non-hydrogen) atoms. The predicted molar refractivity (Wildman–Crippen MR) is 92.0 cm³/mol. The Morgan fingerprint density at radius 3 is 2.67 bits per heavy atom. The lowest BCUT2D eigenvalue weighted by Crippen LogP contribution is -2.13. The molecule has 0 fully saturated rings. The van der Waals surface area contributed by atoms with E-state index in [1.54, 1.807) is 6.07 Å². The standard InChI is InChI=1S/C16H18BrN3O4/c17-12-4-6-13(7-5-12)24-10-2-1-3-15(21)18-14-8-9-20(19-14)11-16(22)23/h4-9H,1-3,10-11H2,(H,22,23)(H,18,19,21). The Bertz CT molecular complexity index is 685. The zero-order chi connectivity index (χ0) is 17.4. The zero-order valence-corrected chi connectivity index (χ0v) is 14.5. The molecule has 2 rings (SSSR count). The summed E-state index contributed by atoms with van der Waals surface area (Å²) in [7, 11) is 0. The molecule has 0 spiro atoms. The molecular weight excluding hydrogens is 378 g/mol. The number of rotatable bonds is 9. The third kappa shape index (κ3) is 6.41. The van der Waals surface area contributed by atoms with Crippen molar-refractivity contribution in [3.63, 3.8) is 0 Å². The van der Waals surface area contributed by atoms with Gasteiger partial charge < -0.3 is 15.2 Å². The van der Waals surface area contributed by atoms with E-state index < -0.39 is 5.97 Å². The van der Waals surface area contributed by atoms with Gasteiger partial charge >= 0.3 is 5.97 Å². The third-order valence-electron chi connectivity index (χ3n) is 3.09. The summed E-state index contributed by atoms with van der Waals surface area (Å²) < 4.78 is 7.83. The number of nitrogens with one attached hydrogen (secondary N) is 1. The average Bonchev–Trinajstić information content (AvgIpc) is 2.95. The van der Waals surface area contributed by atoms with Crippen LogP contribution in [0.4, 0.5) is 5.82 Å². The van der Waals surface area contributed by atoms with Crippen molar-refractivity contribution in [3.05, 3.63) is 41.0 Å². The van der Waals surface area contributed by atoms with Crippen molar-refractivity contribution in [2.45, 2.75) is 25.8 Å². The lowest BCUT2D eigenvalue weighted by molar-refractivity contribution is -0.137. The van der Waals surface area contributed by atoms with Crippen LogP contribution in [-0.2, 0) is 16.1 Å². The molecule has 0 aliphatic rings. The van der Waals surface area contributed by atoms with Gasteiger partial charge in [-0.15, -0.1) is 0 Å². The van der Waals surface area contributed by atoms with E-state index in [4.69, 9.17) is 9.84 Å². The van der Waals surface area contributed by atoms with Crippen LogP contribution in [0.25, 0.3) is 0 Å². The molecule has 128 valence electrons. The number of carboxylic acid groups (broad SMARTS) is 1. The van der Waals surface area contributed by atoms with Gasteiger partial charge in [0.1, 0.15) is 12.3 Å². The lowest BCUT2D eigenvalue weighted by atomic mass is 10.2. The number of unbranched alkanes of at least 4 members (excludes halogenated alkanes) is 1. The first kappa shape index (κ1) is 18.0. The van der Waals surface area contributed by atoms with Gasteiger partial charge in [-0.05, 0) is 37.1 Å². The fourth-order valence-electron chi connectivity index (χ4n) is 1.97. The van der Waals surface area contributed by atoms with Gasteiger partial charge in [-0.1, -0.05) is 15.9 Å². The fraction of sp³-hybridized carbons (Fsp3) is 0.312. The highest BCUT2D eigenvalue weighted by molar-refractivity contribution is 9.10. The Hall–Kier alpha value is -2.35. The highest BCUT2D eigenvalue weighted by Crippen LogP contribution is 2.16. The van der Waals surface area contributed by atoms with Crippen molar-refractivity contribution in [1.82, 2.24) is 9.78 Å². The van der Waals surface area contributed by atoms with E-state index in [0.717, 1.165) is 16.6 Å². The predicted octanol–water partition coefficient (Wildman–Crippen LogP) is 2.92. The first-order valence-corrected chi connectivity index (χ1v) is 8.26. The number of aromatic nitrogens is 2. The zero-order valence-electron chi connectivity index (χ0n) is 12.9. The topological polar surface area (TPSA) is 93.5 Å². The number of benzene rings is 1. The van der Waals surface area contributed by atoms with E-state index in [-0.39, 0.29) is 12.5 Å². The minimum absolute atomic E-state index is 0.154. The van der Waals surface area contributed by atoms with Crippen molar-refractivity contribution in [1.29, 1.82) is 0 Å². The number of carboxylic acids is 1. The van der Waals surface area contributed by atoms with Crippen molar-refractivity contribution >= 4 is 33.6 Å².